The Morgan fingerprint density at radius 1 is 1.05 bits per heavy atom. The van der Waals surface area contributed by atoms with Crippen molar-refractivity contribution in [2.24, 2.45) is 4.99 Å². The molecule has 1 saturated heterocycles. The summed E-state index contributed by atoms with van der Waals surface area (Å²) in [6.45, 7) is 5.76. The number of para-hydroxylation sites is 1. The molecule has 12 heteroatoms. The predicted molar refractivity (Wildman–Crippen MR) is 164 cm³/mol. The Kier molecular flexibility index (Phi) is 9.69. The van der Waals surface area contributed by atoms with Crippen molar-refractivity contribution in [3.8, 4) is 22.8 Å². The molecule has 8 nitrogen and oxygen atoms in total. The van der Waals surface area contributed by atoms with Gasteiger partial charge in [0.2, 0.25) is 6.35 Å². The van der Waals surface area contributed by atoms with Crippen molar-refractivity contribution >= 4 is 22.6 Å². The van der Waals surface area contributed by atoms with E-state index in [1.807, 2.05) is 30.3 Å². The molecule has 1 aromatic heterocycles. The Bertz CT molecular complexity index is 1520. The monoisotopic (exact) mass is 610 g/mol. The fraction of sp³-hybridized carbons (Fsp3) is 0.323. The summed E-state index contributed by atoms with van der Waals surface area (Å²) in [7, 11) is 0. The van der Waals surface area contributed by atoms with Crippen molar-refractivity contribution < 1.29 is 23.0 Å². The molecule has 2 N–H and O–H groups in total. The fourth-order valence-electron chi connectivity index (χ4n) is 4.75. The number of hydrogen-bond donors (Lipinski definition) is 2. The Hall–Kier alpha value is -3.87. The molecule has 0 amide bonds. The maximum atomic E-state index is 12.4. The number of aliphatic hydroxyl groups is 1. The van der Waals surface area contributed by atoms with Crippen LogP contribution in [0.2, 0.25) is 0 Å². The molecule has 1 aliphatic rings. The number of aliphatic imine (C=N–C) groups is 1. The number of nitrogens with zero attached hydrogens (tertiary/aromatic N) is 5. The van der Waals surface area contributed by atoms with Crippen molar-refractivity contribution in [3.63, 3.8) is 0 Å². The van der Waals surface area contributed by atoms with Crippen LogP contribution in [0, 0.1) is 0 Å². The second kappa shape index (κ2) is 13.6. The highest BCUT2D eigenvalue weighted by molar-refractivity contribution is 8.14. The van der Waals surface area contributed by atoms with Gasteiger partial charge in [-0.2, -0.15) is 0 Å². The first-order valence-corrected chi connectivity index (χ1v) is 15.0. The van der Waals surface area contributed by atoms with Gasteiger partial charge in [-0.25, -0.2) is 14.7 Å². The van der Waals surface area contributed by atoms with Gasteiger partial charge in [-0.05, 0) is 60.2 Å². The first-order chi connectivity index (χ1) is 20.7. The number of halogens is 3. The molecule has 5 rings (SSSR count). The second-order valence-electron chi connectivity index (χ2n) is 10.3. The highest BCUT2D eigenvalue weighted by Gasteiger charge is 2.31. The number of ether oxygens (including phenoxy) is 1. The highest BCUT2D eigenvalue weighted by Crippen LogP contribution is 2.32. The van der Waals surface area contributed by atoms with Crippen LogP contribution in [0.3, 0.4) is 0 Å². The molecule has 1 fully saturated rings. The van der Waals surface area contributed by atoms with Gasteiger partial charge in [-0.1, -0.05) is 68.1 Å². The number of nitrogens with one attached hydrogen (secondary N) is 1. The standard InChI is InChI=1S/C31H33F3N6O2S/c1-21(2)26-6-3-4-7-27(26)39-18-5-19-43-30(39)37-29(41)35-17-16-22-8-10-23(11-9-22)28-36-20-40(38-28)24-12-14-25(15-13-24)42-31(32,33)34/h3-4,6-15,20-21,29,35,41H,5,16-19H2,1-2H3/b37-30-. The van der Waals surface area contributed by atoms with E-state index in [1.165, 1.54) is 40.8 Å². The lowest BCUT2D eigenvalue weighted by molar-refractivity contribution is -0.274. The first-order valence-electron chi connectivity index (χ1n) is 14.0. The van der Waals surface area contributed by atoms with Crippen LogP contribution in [0.1, 0.15) is 37.3 Å². The van der Waals surface area contributed by atoms with Crippen molar-refractivity contribution in [2.75, 3.05) is 23.7 Å². The van der Waals surface area contributed by atoms with Crippen LogP contribution >= 0.6 is 11.8 Å². The minimum absolute atomic E-state index is 0.302. The molecule has 1 unspecified atom stereocenters. The fourth-order valence-corrected chi connectivity index (χ4v) is 5.72. The Morgan fingerprint density at radius 2 is 1.79 bits per heavy atom. The van der Waals surface area contributed by atoms with Gasteiger partial charge in [0.15, 0.2) is 11.0 Å². The van der Waals surface area contributed by atoms with Crippen LogP contribution < -0.4 is 15.0 Å². The zero-order valence-electron chi connectivity index (χ0n) is 23.8. The lowest BCUT2D eigenvalue weighted by Crippen LogP contribution is -2.38. The molecule has 0 spiro atoms. The van der Waals surface area contributed by atoms with Crippen LogP contribution in [-0.2, 0) is 6.42 Å². The number of rotatable bonds is 10. The molecule has 226 valence electrons. The van der Waals surface area contributed by atoms with Crippen LogP contribution in [0.25, 0.3) is 17.1 Å². The lowest BCUT2D eigenvalue weighted by Gasteiger charge is -2.32. The van der Waals surface area contributed by atoms with Gasteiger partial charge in [0.25, 0.3) is 0 Å². The lowest BCUT2D eigenvalue weighted by atomic mass is 10.0. The zero-order chi connectivity index (χ0) is 30.4. The number of aromatic nitrogens is 3. The molecule has 1 atom stereocenters. The molecule has 3 aromatic carbocycles. The zero-order valence-corrected chi connectivity index (χ0v) is 24.6. The Morgan fingerprint density at radius 3 is 2.51 bits per heavy atom. The highest BCUT2D eigenvalue weighted by atomic mass is 32.2. The topological polar surface area (TPSA) is 87.8 Å². The minimum Gasteiger partial charge on any atom is -0.406 e. The predicted octanol–water partition coefficient (Wildman–Crippen LogP) is 6.36. The molecule has 1 aliphatic heterocycles. The van der Waals surface area contributed by atoms with Crippen LogP contribution in [0.4, 0.5) is 18.9 Å². The van der Waals surface area contributed by atoms with Crippen LogP contribution in [0.15, 0.2) is 84.1 Å². The Balaban J connectivity index is 1.16. The summed E-state index contributed by atoms with van der Waals surface area (Å²) in [5.74, 6) is 1.53. The van der Waals surface area contributed by atoms with Crippen LogP contribution in [0.5, 0.6) is 5.75 Å². The van der Waals surface area contributed by atoms with Crippen molar-refractivity contribution in [1.82, 2.24) is 20.1 Å². The maximum absolute atomic E-state index is 12.4. The summed E-state index contributed by atoms with van der Waals surface area (Å²) in [5.41, 5.74) is 4.82. The average Bonchev–Trinajstić information content (AvgIpc) is 3.48. The van der Waals surface area contributed by atoms with Crippen LogP contribution in [-0.4, -0.2) is 56.6 Å². The molecule has 0 bridgehead atoms. The SMILES string of the molecule is CC(C)c1ccccc1N1CCCS/C1=N\C(O)NCCc1ccc(-c2ncn(-c3ccc(OC(F)(F)F)cc3)n2)cc1. The molecule has 0 saturated carbocycles. The molecular weight excluding hydrogens is 577 g/mol. The van der Waals surface area contributed by atoms with E-state index in [2.05, 4.69) is 62.1 Å². The van der Waals surface area contributed by atoms with E-state index in [9.17, 15) is 18.3 Å². The van der Waals surface area contributed by atoms with Crippen molar-refractivity contribution in [2.45, 2.75) is 45.3 Å². The molecule has 43 heavy (non-hydrogen) atoms. The van der Waals surface area contributed by atoms with E-state index in [1.54, 1.807) is 11.8 Å². The van der Waals surface area contributed by atoms with E-state index in [4.69, 9.17) is 0 Å². The third-order valence-corrected chi connectivity index (χ3v) is 7.93. The van der Waals surface area contributed by atoms with Gasteiger partial charge >= 0.3 is 6.36 Å². The summed E-state index contributed by atoms with van der Waals surface area (Å²) in [5, 5.41) is 19.0. The van der Waals surface area contributed by atoms with Gasteiger partial charge in [-0.15, -0.1) is 18.3 Å². The summed E-state index contributed by atoms with van der Waals surface area (Å²) in [6, 6.07) is 21.5. The number of amidine groups is 1. The van der Waals surface area contributed by atoms with Gasteiger partial charge in [-0.3, -0.25) is 5.32 Å². The summed E-state index contributed by atoms with van der Waals surface area (Å²) < 4.78 is 42.6. The van der Waals surface area contributed by atoms with E-state index >= 15 is 0 Å². The third-order valence-electron chi connectivity index (χ3n) is 6.85. The number of anilines is 1. The smallest absolute Gasteiger partial charge is 0.406 e. The van der Waals surface area contributed by atoms with Gasteiger partial charge in [0.05, 0.1) is 5.69 Å². The summed E-state index contributed by atoms with van der Waals surface area (Å²) >= 11 is 1.66. The first kappa shape index (κ1) is 30.6. The van der Waals surface area contributed by atoms with Crippen molar-refractivity contribution in [1.29, 1.82) is 0 Å². The van der Waals surface area contributed by atoms with Crippen molar-refractivity contribution in [3.05, 3.63) is 90.3 Å². The van der Waals surface area contributed by atoms with E-state index in [0.29, 0.717) is 30.4 Å². The van der Waals surface area contributed by atoms with Gasteiger partial charge < -0.3 is 14.7 Å². The maximum Gasteiger partial charge on any atom is 0.573 e. The molecule has 4 aromatic rings. The third kappa shape index (κ3) is 8.15. The summed E-state index contributed by atoms with van der Waals surface area (Å²) in [4.78, 5) is 11.1. The van der Waals surface area contributed by atoms with Gasteiger partial charge in [0, 0.05) is 30.1 Å². The molecular formula is C31H33F3N6O2S. The second-order valence-corrected chi connectivity index (χ2v) is 11.4. The quantitative estimate of drug-likeness (QED) is 0.202. The number of aliphatic hydroxyl groups excluding tert-OH is 1. The number of alkyl halides is 3. The normalized spacial score (nSPS) is 15.7. The Labute approximate surface area is 252 Å². The van der Waals surface area contributed by atoms with E-state index in [0.717, 1.165) is 40.7 Å². The largest absolute Gasteiger partial charge is 0.573 e. The minimum atomic E-state index is -4.74. The molecule has 2 heterocycles. The van der Waals surface area contributed by atoms with Gasteiger partial charge in [0.1, 0.15) is 12.1 Å². The summed E-state index contributed by atoms with van der Waals surface area (Å²) in [6.07, 6.45) is -2.52. The molecule has 0 aliphatic carbocycles. The van der Waals surface area contributed by atoms with E-state index < -0.39 is 12.7 Å². The number of benzene rings is 3. The van der Waals surface area contributed by atoms with E-state index in [-0.39, 0.29) is 5.75 Å². The number of thioether (sulfide) groups is 1. The number of hydrogen-bond acceptors (Lipinski definition) is 7. The average molecular weight is 611 g/mol. The molecule has 0 radical (unpaired) electrons.